The number of carbonyl (C=O) groups excluding carboxylic acids is 1. The maximum Gasteiger partial charge on any atom is 0.224 e. The first kappa shape index (κ1) is 16.0. The van der Waals surface area contributed by atoms with Crippen molar-refractivity contribution < 1.29 is 17.7 Å². The van der Waals surface area contributed by atoms with Crippen molar-refractivity contribution in [1.82, 2.24) is 10.5 Å². The first-order valence-corrected chi connectivity index (χ1v) is 9.33. The Hall–Kier alpha value is -1.86. The van der Waals surface area contributed by atoms with E-state index in [1.807, 2.05) is 18.2 Å². The van der Waals surface area contributed by atoms with Crippen molar-refractivity contribution in [3.05, 3.63) is 41.1 Å². The van der Waals surface area contributed by atoms with Gasteiger partial charge in [0.25, 0.3) is 0 Å². The molecule has 6 nitrogen and oxygen atoms in total. The number of nitrogens with zero attached hydrogens (tertiary/aromatic N) is 1. The Labute approximate surface area is 138 Å². The summed E-state index contributed by atoms with van der Waals surface area (Å²) < 4.78 is 28.0. The Morgan fingerprint density at radius 2 is 2.17 bits per heavy atom. The lowest BCUT2D eigenvalue weighted by atomic mass is 10.1. The van der Waals surface area contributed by atoms with Crippen LogP contribution in [0.5, 0.6) is 0 Å². The summed E-state index contributed by atoms with van der Waals surface area (Å²) >= 11 is 6.10. The molecule has 0 spiro atoms. The van der Waals surface area contributed by atoms with E-state index in [1.165, 1.54) is 0 Å². The quantitative estimate of drug-likeness (QED) is 0.907. The summed E-state index contributed by atoms with van der Waals surface area (Å²) in [5, 5.41) is 7.19. The molecular formula is C15H15ClN2O4S. The Kier molecular flexibility index (Phi) is 4.41. The average Bonchev–Trinajstić information content (AvgIpc) is 3.12. The number of hydrogen-bond donors (Lipinski definition) is 1. The minimum absolute atomic E-state index is 0.0735. The van der Waals surface area contributed by atoms with Crippen molar-refractivity contribution >= 4 is 27.3 Å². The number of benzene rings is 1. The number of hydrogen-bond acceptors (Lipinski definition) is 5. The molecule has 0 aliphatic carbocycles. The lowest BCUT2D eigenvalue weighted by Crippen LogP contribution is -2.30. The third-order valence-corrected chi connectivity index (χ3v) is 5.85. The molecule has 1 amide bonds. The van der Waals surface area contributed by atoms with Crippen molar-refractivity contribution in [2.45, 2.75) is 13.0 Å². The van der Waals surface area contributed by atoms with Gasteiger partial charge in [-0.05, 0) is 12.5 Å². The first-order chi connectivity index (χ1) is 10.9. The smallest absolute Gasteiger partial charge is 0.224 e. The molecule has 1 saturated heterocycles. The van der Waals surface area contributed by atoms with Crippen LogP contribution < -0.4 is 5.32 Å². The maximum absolute atomic E-state index is 12.0. The Morgan fingerprint density at radius 3 is 2.87 bits per heavy atom. The molecule has 8 heteroatoms. The van der Waals surface area contributed by atoms with Crippen molar-refractivity contribution in [2.24, 2.45) is 5.92 Å². The molecule has 1 aromatic carbocycles. The number of nitrogens with one attached hydrogen (secondary N) is 1. The molecular weight excluding hydrogens is 340 g/mol. The van der Waals surface area contributed by atoms with Gasteiger partial charge in [0.2, 0.25) is 5.91 Å². The predicted octanol–water partition coefficient (Wildman–Crippen LogP) is 2.05. The minimum atomic E-state index is -3.07. The Morgan fingerprint density at radius 1 is 1.39 bits per heavy atom. The summed E-state index contributed by atoms with van der Waals surface area (Å²) in [5.41, 5.74) is 1.33. The van der Waals surface area contributed by atoms with Gasteiger partial charge in [-0.3, -0.25) is 4.79 Å². The zero-order chi connectivity index (χ0) is 16.4. The van der Waals surface area contributed by atoms with Crippen LogP contribution in [0.1, 0.15) is 12.2 Å². The molecule has 2 aromatic rings. The normalized spacial score (nSPS) is 19.6. The van der Waals surface area contributed by atoms with E-state index in [2.05, 4.69) is 10.5 Å². The molecule has 1 aliphatic rings. The fourth-order valence-corrected chi connectivity index (χ4v) is 4.49. The van der Waals surface area contributed by atoms with E-state index in [0.717, 1.165) is 5.56 Å². The lowest BCUT2D eigenvalue weighted by Gasteiger charge is -2.07. The molecule has 1 aliphatic heterocycles. The number of carbonyl (C=O) groups is 1. The summed E-state index contributed by atoms with van der Waals surface area (Å²) in [6, 6.07) is 8.95. The molecule has 122 valence electrons. The summed E-state index contributed by atoms with van der Waals surface area (Å²) in [6.45, 7) is 0.160. The highest BCUT2D eigenvalue weighted by Crippen LogP contribution is 2.27. The first-order valence-electron chi connectivity index (χ1n) is 7.13. The van der Waals surface area contributed by atoms with Gasteiger partial charge in [-0.15, -0.1) is 0 Å². The predicted molar refractivity (Wildman–Crippen MR) is 85.6 cm³/mol. The van der Waals surface area contributed by atoms with Gasteiger partial charge in [-0.25, -0.2) is 8.42 Å². The van der Waals surface area contributed by atoms with Crippen LogP contribution in [-0.2, 0) is 21.2 Å². The van der Waals surface area contributed by atoms with Gasteiger partial charge < -0.3 is 9.84 Å². The van der Waals surface area contributed by atoms with Crippen molar-refractivity contribution in [3.8, 4) is 11.3 Å². The number of amides is 1. The van der Waals surface area contributed by atoms with Crippen LogP contribution in [0.25, 0.3) is 11.3 Å². The van der Waals surface area contributed by atoms with Gasteiger partial charge >= 0.3 is 0 Å². The summed E-state index contributed by atoms with van der Waals surface area (Å²) in [5.74, 6) is -0.286. The van der Waals surface area contributed by atoms with E-state index in [0.29, 0.717) is 22.9 Å². The highest BCUT2D eigenvalue weighted by atomic mass is 35.5. The standard InChI is InChI=1S/C15H15ClN2O4S/c16-13-4-2-1-3-12(13)14-7-11(22-18-14)8-17-15(19)10-5-6-23(20,21)9-10/h1-4,7,10H,5-6,8-9H2,(H,17,19)/t10-/m0/s1. The van der Waals surface area contributed by atoms with Crippen LogP contribution in [0.4, 0.5) is 0 Å². The molecule has 0 bridgehead atoms. The van der Waals surface area contributed by atoms with Crippen LogP contribution in [0, 0.1) is 5.92 Å². The zero-order valence-electron chi connectivity index (χ0n) is 12.2. The topological polar surface area (TPSA) is 89.3 Å². The van der Waals surface area contributed by atoms with Crippen molar-refractivity contribution in [1.29, 1.82) is 0 Å². The van der Waals surface area contributed by atoms with Crippen LogP contribution in [0.3, 0.4) is 0 Å². The Bertz CT molecular complexity index is 832. The molecule has 0 radical (unpaired) electrons. The molecule has 1 aromatic heterocycles. The fraction of sp³-hybridized carbons (Fsp3) is 0.333. The monoisotopic (exact) mass is 354 g/mol. The highest BCUT2D eigenvalue weighted by molar-refractivity contribution is 7.91. The van der Waals surface area contributed by atoms with Crippen molar-refractivity contribution in [2.75, 3.05) is 11.5 Å². The lowest BCUT2D eigenvalue weighted by molar-refractivity contribution is -0.124. The third-order valence-electron chi connectivity index (χ3n) is 3.75. The van der Waals surface area contributed by atoms with E-state index in [1.54, 1.807) is 12.1 Å². The van der Waals surface area contributed by atoms with Crippen LogP contribution >= 0.6 is 11.6 Å². The van der Waals surface area contributed by atoms with Crippen LogP contribution in [0.15, 0.2) is 34.9 Å². The second-order valence-electron chi connectivity index (χ2n) is 5.48. The summed E-state index contributed by atoms with van der Waals surface area (Å²) in [6.07, 6.45) is 0.370. The minimum Gasteiger partial charge on any atom is -0.359 e. The van der Waals surface area contributed by atoms with Crippen LogP contribution in [0.2, 0.25) is 5.02 Å². The third kappa shape index (κ3) is 3.73. The largest absolute Gasteiger partial charge is 0.359 e. The number of rotatable bonds is 4. The summed E-state index contributed by atoms with van der Waals surface area (Å²) in [4.78, 5) is 12.0. The molecule has 1 atom stereocenters. The molecule has 0 saturated carbocycles. The molecule has 1 fully saturated rings. The molecule has 23 heavy (non-hydrogen) atoms. The van der Waals surface area contributed by atoms with Gasteiger partial charge in [0.05, 0.1) is 29.0 Å². The average molecular weight is 355 g/mol. The fourth-order valence-electron chi connectivity index (χ4n) is 2.51. The van der Waals surface area contributed by atoms with Gasteiger partial charge in [-0.2, -0.15) is 0 Å². The van der Waals surface area contributed by atoms with E-state index in [9.17, 15) is 13.2 Å². The molecule has 0 unspecified atom stereocenters. The number of aromatic nitrogens is 1. The van der Waals surface area contributed by atoms with Gasteiger partial charge in [0, 0.05) is 11.6 Å². The van der Waals surface area contributed by atoms with E-state index in [4.69, 9.17) is 16.1 Å². The maximum atomic E-state index is 12.0. The molecule has 1 N–H and O–H groups in total. The number of sulfone groups is 1. The highest BCUT2D eigenvalue weighted by Gasteiger charge is 2.32. The van der Waals surface area contributed by atoms with Gasteiger partial charge in [0.1, 0.15) is 5.69 Å². The van der Waals surface area contributed by atoms with Gasteiger partial charge in [0.15, 0.2) is 15.6 Å². The summed E-state index contributed by atoms with van der Waals surface area (Å²) in [7, 11) is -3.07. The van der Waals surface area contributed by atoms with E-state index < -0.39 is 15.8 Å². The second kappa shape index (κ2) is 6.33. The zero-order valence-corrected chi connectivity index (χ0v) is 13.7. The molecule has 2 heterocycles. The molecule has 3 rings (SSSR count). The van der Waals surface area contributed by atoms with E-state index in [-0.39, 0.29) is 24.0 Å². The van der Waals surface area contributed by atoms with Gasteiger partial charge in [-0.1, -0.05) is 35.0 Å². The van der Waals surface area contributed by atoms with Crippen LogP contribution in [-0.4, -0.2) is 31.0 Å². The van der Waals surface area contributed by atoms with Crippen molar-refractivity contribution in [3.63, 3.8) is 0 Å². The second-order valence-corrected chi connectivity index (χ2v) is 8.11. The number of halogens is 1. The SMILES string of the molecule is O=C(NCc1cc(-c2ccccc2Cl)no1)[C@H]1CCS(=O)(=O)C1. The Balaban J connectivity index is 1.62. The van der Waals surface area contributed by atoms with E-state index >= 15 is 0 Å².